The summed E-state index contributed by atoms with van der Waals surface area (Å²) in [6, 6.07) is 1.78. The third kappa shape index (κ3) is 3.08. The number of rotatable bonds is 6. The van der Waals surface area contributed by atoms with Crippen LogP contribution in [0.5, 0.6) is 5.88 Å². The van der Waals surface area contributed by atoms with Crippen LogP contribution in [0, 0.1) is 0 Å². The number of ether oxygens (including phenoxy) is 1. The van der Waals surface area contributed by atoms with Crippen molar-refractivity contribution >= 4 is 0 Å². The van der Waals surface area contributed by atoms with Crippen LogP contribution in [0.3, 0.4) is 0 Å². The lowest BCUT2D eigenvalue weighted by atomic mass is 10.1. The summed E-state index contributed by atoms with van der Waals surface area (Å²) in [6.07, 6.45) is 6.27. The van der Waals surface area contributed by atoms with Gasteiger partial charge in [0.25, 0.3) is 0 Å². The summed E-state index contributed by atoms with van der Waals surface area (Å²) in [7, 11) is 3.57. The van der Waals surface area contributed by atoms with Crippen LogP contribution in [0.25, 0.3) is 0 Å². The van der Waals surface area contributed by atoms with Crippen molar-refractivity contribution in [1.29, 1.82) is 0 Å². The Morgan fingerprint density at radius 1 is 1.37 bits per heavy atom. The zero-order chi connectivity index (χ0) is 13.7. The van der Waals surface area contributed by atoms with Gasteiger partial charge in [-0.3, -0.25) is 0 Å². The summed E-state index contributed by atoms with van der Waals surface area (Å²) >= 11 is 0. The molecule has 1 atom stereocenters. The molecule has 0 radical (unpaired) electrons. The van der Waals surface area contributed by atoms with Crippen molar-refractivity contribution in [2.24, 2.45) is 7.05 Å². The van der Waals surface area contributed by atoms with E-state index >= 15 is 0 Å². The fraction of sp³-hybridized carbons (Fsp3) is 0.462. The molecule has 0 aromatic carbocycles. The monoisotopic (exact) mass is 261 g/mol. The molecule has 0 amide bonds. The van der Waals surface area contributed by atoms with Gasteiger partial charge < -0.3 is 14.6 Å². The molecule has 6 heteroatoms. The van der Waals surface area contributed by atoms with E-state index in [1.165, 1.54) is 6.33 Å². The Morgan fingerprint density at radius 3 is 2.84 bits per heavy atom. The highest BCUT2D eigenvalue weighted by Crippen LogP contribution is 2.20. The Balaban J connectivity index is 2.34. The highest BCUT2D eigenvalue weighted by molar-refractivity contribution is 5.22. The van der Waals surface area contributed by atoms with E-state index in [4.69, 9.17) is 4.74 Å². The van der Waals surface area contributed by atoms with Gasteiger partial charge in [0.1, 0.15) is 18.2 Å². The van der Waals surface area contributed by atoms with Gasteiger partial charge in [-0.25, -0.2) is 15.0 Å². The van der Waals surface area contributed by atoms with Crippen molar-refractivity contribution in [3.63, 3.8) is 0 Å². The summed E-state index contributed by atoms with van der Waals surface area (Å²) in [5, 5.41) is 3.45. The van der Waals surface area contributed by atoms with Crippen molar-refractivity contribution in [1.82, 2.24) is 24.8 Å². The van der Waals surface area contributed by atoms with E-state index in [1.54, 1.807) is 13.3 Å². The number of hydrogen-bond acceptors (Lipinski definition) is 5. The van der Waals surface area contributed by atoms with Gasteiger partial charge >= 0.3 is 0 Å². The normalized spacial score (nSPS) is 12.4. The number of hydrogen-bond donors (Lipinski definition) is 1. The van der Waals surface area contributed by atoms with Gasteiger partial charge in [0.2, 0.25) is 5.88 Å². The van der Waals surface area contributed by atoms with Crippen LogP contribution in [0.15, 0.2) is 24.8 Å². The minimum atomic E-state index is -0.0585. The SMILES string of the molecule is CCCNC(c1cc(OC)ncn1)c1nccn1C. The maximum absolute atomic E-state index is 5.15. The van der Waals surface area contributed by atoms with Crippen molar-refractivity contribution in [3.05, 3.63) is 36.3 Å². The van der Waals surface area contributed by atoms with Crippen LogP contribution in [-0.4, -0.2) is 33.2 Å². The molecule has 19 heavy (non-hydrogen) atoms. The lowest BCUT2D eigenvalue weighted by Crippen LogP contribution is -2.26. The third-order valence-corrected chi connectivity index (χ3v) is 2.88. The van der Waals surface area contributed by atoms with E-state index in [9.17, 15) is 0 Å². The number of methoxy groups -OCH3 is 1. The van der Waals surface area contributed by atoms with Crippen LogP contribution in [0.1, 0.15) is 30.9 Å². The summed E-state index contributed by atoms with van der Waals surface area (Å²) in [5.41, 5.74) is 0.856. The molecule has 0 bridgehead atoms. The number of aromatic nitrogens is 4. The first-order chi connectivity index (χ1) is 9.26. The fourth-order valence-corrected chi connectivity index (χ4v) is 1.90. The van der Waals surface area contributed by atoms with Gasteiger partial charge in [0, 0.05) is 25.5 Å². The van der Waals surface area contributed by atoms with Gasteiger partial charge in [-0.2, -0.15) is 0 Å². The number of imidazole rings is 1. The van der Waals surface area contributed by atoms with Gasteiger partial charge in [0.05, 0.1) is 12.8 Å². The Hall–Kier alpha value is -1.95. The Morgan fingerprint density at radius 2 is 2.21 bits per heavy atom. The number of nitrogens with one attached hydrogen (secondary N) is 1. The minimum absolute atomic E-state index is 0.0585. The molecule has 0 fully saturated rings. The van der Waals surface area contributed by atoms with E-state index in [1.807, 2.05) is 23.9 Å². The lowest BCUT2D eigenvalue weighted by Gasteiger charge is -2.18. The quantitative estimate of drug-likeness (QED) is 0.849. The molecule has 1 N–H and O–H groups in total. The van der Waals surface area contributed by atoms with E-state index < -0.39 is 0 Å². The van der Waals surface area contributed by atoms with Gasteiger partial charge in [-0.1, -0.05) is 6.92 Å². The molecule has 2 rings (SSSR count). The molecule has 0 aliphatic carbocycles. The first-order valence-electron chi connectivity index (χ1n) is 6.32. The Kier molecular flexibility index (Phi) is 4.46. The number of nitrogens with zero attached hydrogens (tertiary/aromatic N) is 4. The zero-order valence-electron chi connectivity index (χ0n) is 11.5. The molecule has 0 aliphatic rings. The Bertz CT molecular complexity index is 525. The summed E-state index contributed by atoms with van der Waals surface area (Å²) in [6.45, 7) is 3.02. The molecule has 2 heterocycles. The molecule has 2 aromatic heterocycles. The number of aryl methyl sites for hydroxylation is 1. The second-order valence-electron chi connectivity index (χ2n) is 4.27. The van der Waals surface area contributed by atoms with Gasteiger partial charge in [-0.05, 0) is 13.0 Å². The Labute approximate surface area is 112 Å². The molecule has 0 saturated carbocycles. The van der Waals surface area contributed by atoms with Gasteiger partial charge in [-0.15, -0.1) is 0 Å². The second-order valence-corrected chi connectivity index (χ2v) is 4.27. The van der Waals surface area contributed by atoms with Crippen molar-refractivity contribution in [3.8, 4) is 5.88 Å². The topological polar surface area (TPSA) is 64.9 Å². The van der Waals surface area contributed by atoms with E-state index in [2.05, 4.69) is 27.2 Å². The van der Waals surface area contributed by atoms with Crippen molar-refractivity contribution < 1.29 is 4.74 Å². The largest absolute Gasteiger partial charge is 0.481 e. The summed E-state index contributed by atoms with van der Waals surface area (Å²) in [4.78, 5) is 12.8. The average Bonchev–Trinajstić information content (AvgIpc) is 2.86. The first kappa shape index (κ1) is 13.5. The van der Waals surface area contributed by atoms with Crippen LogP contribution >= 0.6 is 0 Å². The van der Waals surface area contributed by atoms with Crippen LogP contribution in [-0.2, 0) is 7.05 Å². The predicted molar refractivity (Wildman–Crippen MR) is 71.9 cm³/mol. The fourth-order valence-electron chi connectivity index (χ4n) is 1.90. The second kappa shape index (κ2) is 6.29. The smallest absolute Gasteiger partial charge is 0.216 e. The molecule has 0 aliphatic heterocycles. The zero-order valence-corrected chi connectivity index (χ0v) is 11.5. The molecule has 0 spiro atoms. The van der Waals surface area contributed by atoms with E-state index in [-0.39, 0.29) is 6.04 Å². The van der Waals surface area contributed by atoms with Crippen molar-refractivity contribution in [2.45, 2.75) is 19.4 Å². The van der Waals surface area contributed by atoms with Crippen LogP contribution in [0.2, 0.25) is 0 Å². The molecule has 2 aromatic rings. The predicted octanol–water partition coefficient (Wildman–Crippen LogP) is 1.31. The maximum Gasteiger partial charge on any atom is 0.216 e. The minimum Gasteiger partial charge on any atom is -0.481 e. The maximum atomic E-state index is 5.15. The van der Waals surface area contributed by atoms with E-state index in [0.29, 0.717) is 5.88 Å². The summed E-state index contributed by atoms with van der Waals surface area (Å²) < 4.78 is 7.14. The molecular weight excluding hydrogens is 242 g/mol. The molecule has 102 valence electrons. The van der Waals surface area contributed by atoms with Crippen LogP contribution < -0.4 is 10.1 Å². The third-order valence-electron chi connectivity index (χ3n) is 2.88. The van der Waals surface area contributed by atoms with E-state index in [0.717, 1.165) is 24.5 Å². The van der Waals surface area contributed by atoms with Crippen molar-refractivity contribution in [2.75, 3.05) is 13.7 Å². The lowest BCUT2D eigenvalue weighted by molar-refractivity contribution is 0.394. The first-order valence-corrected chi connectivity index (χ1v) is 6.32. The average molecular weight is 261 g/mol. The summed E-state index contributed by atoms with van der Waals surface area (Å²) in [5.74, 6) is 1.48. The molecule has 0 saturated heterocycles. The standard InChI is InChI=1S/C13H19N5O/c1-4-5-14-12(13-15-6-7-18(13)2)10-8-11(19-3)17-9-16-10/h6-9,12,14H,4-5H2,1-3H3. The molecule has 1 unspecified atom stereocenters. The molecule has 6 nitrogen and oxygen atoms in total. The highest BCUT2D eigenvalue weighted by Gasteiger charge is 2.19. The van der Waals surface area contributed by atoms with Gasteiger partial charge in [0.15, 0.2) is 0 Å². The highest BCUT2D eigenvalue weighted by atomic mass is 16.5. The van der Waals surface area contributed by atoms with Crippen LogP contribution in [0.4, 0.5) is 0 Å². The molecular formula is C13H19N5O.